The second-order valence-electron chi connectivity index (χ2n) is 7.27. The lowest BCUT2D eigenvalue weighted by Crippen LogP contribution is -2.18. The Morgan fingerprint density at radius 3 is 2.42 bits per heavy atom. The summed E-state index contributed by atoms with van der Waals surface area (Å²) in [7, 11) is 2.86. The molecule has 1 amide bonds. The van der Waals surface area contributed by atoms with E-state index < -0.39 is 11.9 Å². The molecule has 4 rings (SSSR count). The number of rotatable bonds is 6. The first kappa shape index (κ1) is 21.8. The van der Waals surface area contributed by atoms with Crippen molar-refractivity contribution >= 4 is 28.9 Å². The third-order valence-electron chi connectivity index (χ3n) is 5.30. The molecule has 0 unspecified atom stereocenters. The van der Waals surface area contributed by atoms with Crippen LogP contribution >= 0.6 is 0 Å². The van der Waals surface area contributed by atoms with Crippen molar-refractivity contribution in [1.82, 2.24) is 5.43 Å². The van der Waals surface area contributed by atoms with Crippen LogP contribution in [0, 0.1) is 6.92 Å². The van der Waals surface area contributed by atoms with Crippen LogP contribution in [0.5, 0.6) is 5.75 Å². The van der Waals surface area contributed by atoms with Crippen molar-refractivity contribution in [2.24, 2.45) is 5.10 Å². The molecule has 7 heteroatoms. The van der Waals surface area contributed by atoms with Crippen LogP contribution in [0.1, 0.15) is 32.0 Å². The highest BCUT2D eigenvalue weighted by atomic mass is 16.5. The smallest absolute Gasteiger partial charge is 0.338 e. The van der Waals surface area contributed by atoms with Gasteiger partial charge in [-0.25, -0.2) is 10.2 Å². The predicted molar refractivity (Wildman–Crippen MR) is 126 cm³/mol. The summed E-state index contributed by atoms with van der Waals surface area (Å²) in [5.41, 5.74) is 4.87. The van der Waals surface area contributed by atoms with E-state index in [0.717, 1.165) is 21.9 Å². The molecule has 0 radical (unpaired) electrons. The van der Waals surface area contributed by atoms with Crippen molar-refractivity contribution in [3.8, 4) is 17.1 Å². The number of fused-ring (bicyclic) bond motifs is 1. The first-order valence-electron chi connectivity index (χ1n) is 10.2. The molecule has 7 nitrogen and oxygen atoms in total. The van der Waals surface area contributed by atoms with Crippen LogP contribution in [-0.2, 0) is 4.74 Å². The van der Waals surface area contributed by atoms with Crippen LogP contribution < -0.4 is 10.2 Å². The fourth-order valence-corrected chi connectivity index (χ4v) is 3.58. The average Bonchev–Trinajstić information content (AvgIpc) is 3.31. The Hall–Kier alpha value is -4.39. The van der Waals surface area contributed by atoms with Gasteiger partial charge in [0, 0.05) is 5.56 Å². The summed E-state index contributed by atoms with van der Waals surface area (Å²) < 4.78 is 16.0. The molecule has 166 valence electrons. The molecule has 0 fully saturated rings. The van der Waals surface area contributed by atoms with E-state index in [9.17, 15) is 9.59 Å². The van der Waals surface area contributed by atoms with Gasteiger partial charge >= 0.3 is 5.97 Å². The van der Waals surface area contributed by atoms with Crippen LogP contribution in [-0.4, -0.2) is 32.3 Å². The molecule has 0 aliphatic rings. The average molecular weight is 442 g/mol. The Morgan fingerprint density at radius 2 is 1.70 bits per heavy atom. The summed E-state index contributed by atoms with van der Waals surface area (Å²) in [5, 5.41) is 5.91. The quantitative estimate of drug-likeness (QED) is 0.259. The summed E-state index contributed by atoms with van der Waals surface area (Å²) >= 11 is 0. The van der Waals surface area contributed by atoms with Crippen molar-refractivity contribution in [2.45, 2.75) is 6.92 Å². The summed E-state index contributed by atoms with van der Waals surface area (Å²) in [6.07, 6.45) is 1.41. The molecule has 0 aliphatic heterocycles. The second-order valence-corrected chi connectivity index (χ2v) is 7.27. The van der Waals surface area contributed by atoms with Crippen LogP contribution in [0.15, 0.2) is 76.2 Å². The van der Waals surface area contributed by atoms with Crippen LogP contribution in [0.2, 0.25) is 0 Å². The SMILES string of the molecule is COC(=O)c1cccc(-c2ccc(C=NNC(=O)c3cc4ccccc4cc3OC)o2)c1C. The minimum Gasteiger partial charge on any atom is -0.496 e. The maximum absolute atomic E-state index is 12.7. The molecule has 33 heavy (non-hydrogen) atoms. The van der Waals surface area contributed by atoms with Gasteiger partial charge in [-0.1, -0.05) is 36.4 Å². The molecule has 1 aromatic heterocycles. The van der Waals surface area contributed by atoms with Crippen molar-refractivity contribution in [3.63, 3.8) is 0 Å². The molecule has 0 saturated carbocycles. The van der Waals surface area contributed by atoms with Crippen LogP contribution in [0.25, 0.3) is 22.1 Å². The predicted octanol–water partition coefficient (Wildman–Crippen LogP) is 4.97. The minimum atomic E-state index is -0.408. The fraction of sp³-hybridized carbons (Fsp3) is 0.115. The van der Waals surface area contributed by atoms with Gasteiger partial charge in [0.15, 0.2) is 0 Å². The maximum Gasteiger partial charge on any atom is 0.338 e. The lowest BCUT2D eigenvalue weighted by molar-refractivity contribution is 0.0599. The van der Waals surface area contributed by atoms with Crippen molar-refractivity contribution in [3.05, 3.63) is 89.2 Å². The molecule has 0 spiro atoms. The highest BCUT2D eigenvalue weighted by Crippen LogP contribution is 2.28. The zero-order valence-electron chi connectivity index (χ0n) is 18.4. The van der Waals surface area contributed by atoms with Crippen LogP contribution in [0.4, 0.5) is 0 Å². The minimum absolute atomic E-state index is 0.378. The number of nitrogens with zero attached hydrogens (tertiary/aromatic N) is 1. The number of furan rings is 1. The molecular weight excluding hydrogens is 420 g/mol. The Morgan fingerprint density at radius 1 is 0.939 bits per heavy atom. The zero-order chi connectivity index (χ0) is 23.4. The number of benzene rings is 3. The van der Waals surface area contributed by atoms with Gasteiger partial charge in [0.05, 0.1) is 31.6 Å². The lowest BCUT2D eigenvalue weighted by atomic mass is 10.0. The number of hydrazone groups is 1. The number of carbonyl (C=O) groups is 2. The molecule has 3 aromatic carbocycles. The van der Waals surface area contributed by atoms with E-state index in [2.05, 4.69) is 10.5 Å². The summed E-state index contributed by atoms with van der Waals surface area (Å²) in [5.74, 6) is 0.667. The van der Waals surface area contributed by atoms with E-state index in [1.54, 1.807) is 30.3 Å². The Kier molecular flexibility index (Phi) is 6.22. The number of ether oxygens (including phenoxy) is 2. The number of hydrogen-bond donors (Lipinski definition) is 1. The topological polar surface area (TPSA) is 90.1 Å². The monoisotopic (exact) mass is 442 g/mol. The third kappa shape index (κ3) is 4.48. The first-order valence-corrected chi connectivity index (χ1v) is 10.2. The molecule has 4 aromatic rings. The molecule has 0 bridgehead atoms. The van der Waals surface area contributed by atoms with Crippen molar-refractivity contribution in [2.75, 3.05) is 14.2 Å². The van der Waals surface area contributed by atoms with Gasteiger partial charge in [-0.2, -0.15) is 5.10 Å². The molecule has 0 atom stereocenters. The molecule has 1 heterocycles. The Labute approximate surface area is 190 Å². The van der Waals surface area contributed by atoms with Gasteiger partial charge < -0.3 is 13.9 Å². The summed E-state index contributed by atoms with van der Waals surface area (Å²) in [6, 6.07) is 20.1. The van der Waals surface area contributed by atoms with Crippen molar-refractivity contribution < 1.29 is 23.5 Å². The molecule has 1 N–H and O–H groups in total. The summed E-state index contributed by atoms with van der Waals surface area (Å²) in [6.45, 7) is 1.83. The number of hydrogen-bond acceptors (Lipinski definition) is 6. The van der Waals surface area contributed by atoms with Gasteiger partial charge in [0.25, 0.3) is 5.91 Å². The lowest BCUT2D eigenvalue weighted by Gasteiger charge is -2.09. The number of amides is 1. The number of nitrogens with one attached hydrogen (secondary N) is 1. The summed E-state index contributed by atoms with van der Waals surface area (Å²) in [4.78, 5) is 24.6. The van der Waals surface area contributed by atoms with E-state index in [4.69, 9.17) is 13.9 Å². The van der Waals surface area contributed by atoms with Gasteiger partial charge in [-0.3, -0.25) is 4.79 Å². The Balaban J connectivity index is 1.51. The normalized spacial score (nSPS) is 11.0. The molecular formula is C26H22N2O5. The standard InChI is InChI=1S/C26H22N2O5/c1-16-20(9-6-10-21(16)26(30)32-3)23-12-11-19(33-23)15-27-28-25(29)22-13-17-7-4-5-8-18(17)14-24(22)31-2/h4-15H,1-3H3,(H,28,29). The van der Waals surface area contributed by atoms with E-state index in [0.29, 0.717) is 28.4 Å². The number of methoxy groups -OCH3 is 2. The van der Waals surface area contributed by atoms with Gasteiger partial charge in [0.2, 0.25) is 0 Å². The van der Waals surface area contributed by atoms with E-state index in [-0.39, 0.29) is 0 Å². The van der Waals surface area contributed by atoms with E-state index in [1.165, 1.54) is 20.4 Å². The van der Waals surface area contributed by atoms with Gasteiger partial charge in [-0.15, -0.1) is 0 Å². The highest BCUT2D eigenvalue weighted by Gasteiger charge is 2.15. The maximum atomic E-state index is 12.7. The van der Waals surface area contributed by atoms with Crippen molar-refractivity contribution in [1.29, 1.82) is 0 Å². The number of esters is 1. The second kappa shape index (κ2) is 9.40. The first-order chi connectivity index (χ1) is 16.0. The molecule has 0 aliphatic carbocycles. The van der Waals surface area contributed by atoms with E-state index in [1.807, 2.05) is 43.3 Å². The molecule has 0 saturated heterocycles. The van der Waals surface area contributed by atoms with Crippen LogP contribution in [0.3, 0.4) is 0 Å². The fourth-order valence-electron chi connectivity index (χ4n) is 3.58. The highest BCUT2D eigenvalue weighted by molar-refractivity contribution is 6.02. The van der Waals surface area contributed by atoms with E-state index >= 15 is 0 Å². The Bertz CT molecular complexity index is 1370. The zero-order valence-corrected chi connectivity index (χ0v) is 18.4. The van der Waals surface area contributed by atoms with Gasteiger partial charge in [-0.05, 0) is 53.6 Å². The third-order valence-corrected chi connectivity index (χ3v) is 5.30. The van der Waals surface area contributed by atoms with Gasteiger partial charge in [0.1, 0.15) is 17.3 Å². The largest absolute Gasteiger partial charge is 0.496 e. The number of carbonyl (C=O) groups excluding carboxylic acids is 2.